The van der Waals surface area contributed by atoms with Gasteiger partial charge in [-0.05, 0) is 37.1 Å². The van der Waals surface area contributed by atoms with Crippen LogP contribution in [0.1, 0.15) is 11.1 Å². The lowest BCUT2D eigenvalue weighted by atomic mass is 10.1. The standard InChI is InChI=1S/C15H13ClFN3/c1-8-4-3-5-13(9(8)2)20-14-7-11(17)10(16)6-12(14)19-15(20)18/h3-7H,1-2H3,(H2,18,19). The highest BCUT2D eigenvalue weighted by atomic mass is 35.5. The summed E-state index contributed by atoms with van der Waals surface area (Å²) >= 11 is 5.79. The second-order valence-corrected chi connectivity index (χ2v) is 5.19. The van der Waals surface area contributed by atoms with Gasteiger partial charge >= 0.3 is 0 Å². The van der Waals surface area contributed by atoms with Gasteiger partial charge in [0.15, 0.2) is 0 Å². The topological polar surface area (TPSA) is 43.8 Å². The van der Waals surface area contributed by atoms with Crippen molar-refractivity contribution >= 4 is 28.6 Å². The first kappa shape index (κ1) is 12.9. The van der Waals surface area contributed by atoms with E-state index in [9.17, 15) is 4.39 Å². The smallest absolute Gasteiger partial charge is 0.205 e. The Morgan fingerprint density at radius 1 is 1.25 bits per heavy atom. The van der Waals surface area contributed by atoms with Crippen LogP contribution in [0.5, 0.6) is 0 Å². The lowest BCUT2D eigenvalue weighted by Gasteiger charge is -2.12. The van der Waals surface area contributed by atoms with Crippen LogP contribution in [0.4, 0.5) is 10.3 Å². The van der Waals surface area contributed by atoms with E-state index in [1.54, 1.807) is 4.57 Å². The maximum atomic E-state index is 13.7. The van der Waals surface area contributed by atoms with Crippen molar-refractivity contribution in [2.45, 2.75) is 13.8 Å². The Bertz CT molecular complexity index is 824. The molecule has 0 aliphatic heterocycles. The number of rotatable bonds is 1. The van der Waals surface area contributed by atoms with Crippen molar-refractivity contribution in [1.82, 2.24) is 9.55 Å². The van der Waals surface area contributed by atoms with E-state index in [2.05, 4.69) is 4.98 Å². The Morgan fingerprint density at radius 2 is 2.00 bits per heavy atom. The number of aryl methyl sites for hydroxylation is 1. The summed E-state index contributed by atoms with van der Waals surface area (Å²) < 4.78 is 15.5. The molecule has 0 saturated carbocycles. The molecule has 0 bridgehead atoms. The normalized spacial score (nSPS) is 11.2. The minimum atomic E-state index is -0.481. The van der Waals surface area contributed by atoms with Crippen LogP contribution >= 0.6 is 11.6 Å². The van der Waals surface area contributed by atoms with Gasteiger partial charge in [0.25, 0.3) is 0 Å². The van der Waals surface area contributed by atoms with Gasteiger partial charge in [-0.25, -0.2) is 9.37 Å². The predicted octanol–water partition coefficient (Wildman–Crippen LogP) is 4.02. The Hall–Kier alpha value is -2.07. The molecular weight excluding hydrogens is 277 g/mol. The molecule has 0 radical (unpaired) electrons. The number of hydrogen-bond donors (Lipinski definition) is 1. The van der Waals surface area contributed by atoms with Crippen LogP contribution in [0.15, 0.2) is 30.3 Å². The zero-order valence-electron chi connectivity index (χ0n) is 11.1. The fraction of sp³-hybridized carbons (Fsp3) is 0.133. The highest BCUT2D eigenvalue weighted by molar-refractivity contribution is 6.31. The van der Waals surface area contributed by atoms with E-state index < -0.39 is 5.82 Å². The van der Waals surface area contributed by atoms with Gasteiger partial charge in [0.2, 0.25) is 5.95 Å². The summed E-state index contributed by atoms with van der Waals surface area (Å²) in [6.45, 7) is 4.02. The van der Waals surface area contributed by atoms with Gasteiger partial charge in [0.1, 0.15) is 5.82 Å². The number of aromatic nitrogens is 2. The molecule has 2 N–H and O–H groups in total. The molecule has 0 spiro atoms. The number of anilines is 1. The average Bonchev–Trinajstić information content (AvgIpc) is 2.69. The molecule has 0 amide bonds. The molecular formula is C15H13ClFN3. The lowest BCUT2D eigenvalue weighted by Crippen LogP contribution is -2.03. The van der Waals surface area contributed by atoms with Gasteiger partial charge < -0.3 is 5.73 Å². The molecule has 3 nitrogen and oxygen atoms in total. The molecule has 102 valence electrons. The highest BCUT2D eigenvalue weighted by Gasteiger charge is 2.15. The van der Waals surface area contributed by atoms with Crippen LogP contribution in [0, 0.1) is 19.7 Å². The van der Waals surface area contributed by atoms with Crippen LogP contribution in [0.25, 0.3) is 16.7 Å². The number of halogens is 2. The number of fused-ring (bicyclic) bond motifs is 1. The van der Waals surface area contributed by atoms with Crippen LogP contribution in [0.2, 0.25) is 5.02 Å². The molecule has 0 saturated heterocycles. The third-order valence-corrected chi connectivity index (χ3v) is 3.83. The summed E-state index contributed by atoms with van der Waals surface area (Å²) in [5.74, 6) is -0.166. The quantitative estimate of drug-likeness (QED) is 0.735. The number of nitrogen functional groups attached to an aromatic ring is 1. The van der Waals surface area contributed by atoms with Crippen molar-refractivity contribution in [1.29, 1.82) is 0 Å². The van der Waals surface area contributed by atoms with E-state index in [0.29, 0.717) is 17.0 Å². The van der Waals surface area contributed by atoms with Crippen LogP contribution in [0.3, 0.4) is 0 Å². The Balaban J connectivity index is 2.39. The summed E-state index contributed by atoms with van der Waals surface area (Å²) in [6.07, 6.45) is 0. The van der Waals surface area contributed by atoms with E-state index >= 15 is 0 Å². The number of nitrogens with two attached hydrogens (primary N) is 1. The molecule has 3 rings (SSSR count). The van der Waals surface area contributed by atoms with Gasteiger partial charge in [0, 0.05) is 6.07 Å². The number of hydrogen-bond acceptors (Lipinski definition) is 2. The van der Waals surface area contributed by atoms with Gasteiger partial charge in [-0.15, -0.1) is 0 Å². The maximum Gasteiger partial charge on any atom is 0.205 e. The second-order valence-electron chi connectivity index (χ2n) is 4.78. The average molecular weight is 290 g/mol. The van der Waals surface area contributed by atoms with Crippen LogP contribution in [-0.4, -0.2) is 9.55 Å². The van der Waals surface area contributed by atoms with Crippen molar-refractivity contribution in [3.8, 4) is 5.69 Å². The van der Waals surface area contributed by atoms with Crippen molar-refractivity contribution < 1.29 is 4.39 Å². The number of imidazole rings is 1. The molecule has 1 aromatic heterocycles. The van der Waals surface area contributed by atoms with Crippen molar-refractivity contribution in [3.05, 3.63) is 52.3 Å². The highest BCUT2D eigenvalue weighted by Crippen LogP contribution is 2.29. The van der Waals surface area contributed by atoms with Gasteiger partial charge in [-0.3, -0.25) is 4.57 Å². The first-order chi connectivity index (χ1) is 9.49. The third-order valence-electron chi connectivity index (χ3n) is 3.54. The molecule has 20 heavy (non-hydrogen) atoms. The minimum absolute atomic E-state index is 0.0446. The first-order valence-corrected chi connectivity index (χ1v) is 6.56. The van der Waals surface area contributed by atoms with Gasteiger partial charge in [0.05, 0.1) is 21.7 Å². The molecule has 1 heterocycles. The Morgan fingerprint density at radius 3 is 2.75 bits per heavy atom. The predicted molar refractivity (Wildman–Crippen MR) is 79.9 cm³/mol. The zero-order valence-corrected chi connectivity index (χ0v) is 11.9. The monoisotopic (exact) mass is 289 g/mol. The molecule has 0 aliphatic carbocycles. The SMILES string of the molecule is Cc1cccc(-n2c(N)nc3cc(Cl)c(F)cc32)c1C. The van der Waals surface area contributed by atoms with Crippen LogP contribution < -0.4 is 5.73 Å². The zero-order chi connectivity index (χ0) is 14.4. The Kier molecular flexibility index (Phi) is 2.91. The first-order valence-electron chi connectivity index (χ1n) is 6.18. The Labute approximate surface area is 120 Å². The lowest BCUT2D eigenvalue weighted by molar-refractivity contribution is 0.629. The van der Waals surface area contributed by atoms with E-state index in [4.69, 9.17) is 17.3 Å². The van der Waals surface area contributed by atoms with E-state index in [-0.39, 0.29) is 5.02 Å². The number of nitrogens with zero attached hydrogens (tertiary/aromatic N) is 2. The molecule has 0 fully saturated rings. The van der Waals surface area contributed by atoms with Crippen molar-refractivity contribution in [2.24, 2.45) is 0 Å². The molecule has 0 unspecified atom stereocenters. The molecule has 0 aliphatic rings. The fourth-order valence-electron chi connectivity index (χ4n) is 2.32. The summed E-state index contributed by atoms with van der Waals surface area (Å²) in [5.41, 5.74) is 10.3. The second kappa shape index (κ2) is 4.49. The molecule has 5 heteroatoms. The van der Waals surface area contributed by atoms with Gasteiger partial charge in [-0.1, -0.05) is 23.7 Å². The summed E-state index contributed by atoms with van der Waals surface area (Å²) in [7, 11) is 0. The van der Waals surface area contributed by atoms with E-state index in [1.165, 1.54) is 12.1 Å². The largest absolute Gasteiger partial charge is 0.369 e. The van der Waals surface area contributed by atoms with Crippen LogP contribution in [-0.2, 0) is 0 Å². The van der Waals surface area contributed by atoms with E-state index in [0.717, 1.165) is 16.8 Å². The fourth-order valence-corrected chi connectivity index (χ4v) is 2.48. The van der Waals surface area contributed by atoms with Crippen molar-refractivity contribution in [2.75, 3.05) is 5.73 Å². The summed E-state index contributed by atoms with van der Waals surface area (Å²) in [5, 5.41) is 0.0446. The molecule has 3 aromatic rings. The molecule has 0 atom stereocenters. The maximum absolute atomic E-state index is 13.7. The summed E-state index contributed by atoms with van der Waals surface area (Å²) in [6, 6.07) is 8.75. The molecule has 2 aromatic carbocycles. The summed E-state index contributed by atoms with van der Waals surface area (Å²) in [4.78, 5) is 4.25. The van der Waals surface area contributed by atoms with E-state index in [1.807, 2.05) is 32.0 Å². The van der Waals surface area contributed by atoms with Crippen molar-refractivity contribution in [3.63, 3.8) is 0 Å². The third kappa shape index (κ3) is 1.84. The minimum Gasteiger partial charge on any atom is -0.369 e. The van der Waals surface area contributed by atoms with Gasteiger partial charge in [-0.2, -0.15) is 0 Å². The number of benzene rings is 2.